The second-order valence-corrected chi connectivity index (χ2v) is 9.88. The van der Waals surface area contributed by atoms with Crippen molar-refractivity contribution in [3.8, 4) is 17.2 Å². The molecule has 6 aromatic rings. The van der Waals surface area contributed by atoms with Gasteiger partial charge in [-0.05, 0) is 61.7 Å². The molecule has 1 amide bonds. The summed E-state index contributed by atoms with van der Waals surface area (Å²) in [6.07, 6.45) is 3.46. The zero-order valence-electron chi connectivity index (χ0n) is 22.6. The van der Waals surface area contributed by atoms with Gasteiger partial charge < -0.3 is 19.5 Å². The standard InChI is InChI=1S/C32H29N3O5/c1-19(9-10-20-7-5-4-6-8-20)34-27(36)18-40-21-11-13-25-24(17-21)22-15-16-33-29-23-12-14-26(38-2)31(39-3)28(23)32(37)35(25)30(22)29/h4-8,11-17,19H,9-10,18H2,1-3H3,(H,34,36)/t19-/m1/s1. The van der Waals surface area contributed by atoms with E-state index in [0.717, 1.165) is 34.6 Å². The minimum absolute atomic E-state index is 0.0209. The molecule has 0 aliphatic rings. The Morgan fingerprint density at radius 2 is 1.80 bits per heavy atom. The van der Waals surface area contributed by atoms with Gasteiger partial charge in [0.2, 0.25) is 0 Å². The zero-order chi connectivity index (χ0) is 27.8. The summed E-state index contributed by atoms with van der Waals surface area (Å²) in [4.78, 5) is 31.1. The lowest BCUT2D eigenvalue weighted by Gasteiger charge is -2.14. The van der Waals surface area contributed by atoms with Crippen molar-refractivity contribution < 1.29 is 19.0 Å². The van der Waals surface area contributed by atoms with Crippen LogP contribution in [0.3, 0.4) is 0 Å². The van der Waals surface area contributed by atoms with Crippen LogP contribution in [0.4, 0.5) is 0 Å². The molecule has 6 rings (SSSR count). The van der Waals surface area contributed by atoms with Gasteiger partial charge in [-0.2, -0.15) is 0 Å². The fourth-order valence-electron chi connectivity index (χ4n) is 5.46. The molecule has 1 N–H and O–H groups in total. The molecule has 8 nitrogen and oxygen atoms in total. The van der Waals surface area contributed by atoms with Crippen LogP contribution in [0.5, 0.6) is 17.2 Å². The lowest BCUT2D eigenvalue weighted by molar-refractivity contribution is -0.123. The van der Waals surface area contributed by atoms with Crippen molar-refractivity contribution in [1.82, 2.24) is 14.7 Å². The maximum Gasteiger partial charge on any atom is 0.267 e. The molecule has 0 spiro atoms. The Bertz CT molecular complexity index is 1920. The predicted molar refractivity (Wildman–Crippen MR) is 156 cm³/mol. The second kappa shape index (κ2) is 10.4. The van der Waals surface area contributed by atoms with E-state index in [1.807, 2.05) is 49.4 Å². The maximum absolute atomic E-state index is 13.9. The van der Waals surface area contributed by atoms with E-state index in [1.165, 1.54) is 12.7 Å². The van der Waals surface area contributed by atoms with Crippen LogP contribution < -0.4 is 25.1 Å². The number of pyridine rings is 2. The number of carbonyl (C=O) groups excluding carboxylic acids is 1. The molecule has 0 aliphatic heterocycles. The first kappa shape index (κ1) is 25.4. The van der Waals surface area contributed by atoms with Gasteiger partial charge in [0.15, 0.2) is 18.1 Å². The zero-order valence-corrected chi connectivity index (χ0v) is 22.6. The van der Waals surface area contributed by atoms with Crippen LogP contribution in [0.15, 0.2) is 77.7 Å². The van der Waals surface area contributed by atoms with Crippen molar-refractivity contribution in [2.24, 2.45) is 0 Å². The predicted octanol–water partition coefficient (Wildman–Crippen LogP) is 5.13. The van der Waals surface area contributed by atoms with E-state index in [4.69, 9.17) is 14.2 Å². The van der Waals surface area contributed by atoms with Gasteiger partial charge in [0.05, 0.1) is 36.2 Å². The SMILES string of the molecule is COc1ccc2c(c1OC)c(=O)n1c3ccc(OCC(=O)N[C@H](C)CCc4ccccc4)cc3c3ccnc2c31. The van der Waals surface area contributed by atoms with Crippen LogP contribution in [-0.2, 0) is 11.2 Å². The molecule has 0 saturated carbocycles. The Morgan fingerprint density at radius 1 is 0.975 bits per heavy atom. The minimum atomic E-state index is -0.219. The van der Waals surface area contributed by atoms with Gasteiger partial charge in [0.25, 0.3) is 11.5 Å². The lowest BCUT2D eigenvalue weighted by Crippen LogP contribution is -2.36. The molecule has 0 radical (unpaired) electrons. The molecule has 0 fully saturated rings. The Hall–Kier alpha value is -4.85. The molecule has 8 heteroatoms. The van der Waals surface area contributed by atoms with Crippen molar-refractivity contribution in [3.63, 3.8) is 0 Å². The number of carbonyl (C=O) groups is 1. The second-order valence-electron chi connectivity index (χ2n) is 9.88. The van der Waals surface area contributed by atoms with Crippen molar-refractivity contribution >= 4 is 44.0 Å². The fourth-order valence-corrected chi connectivity index (χ4v) is 5.46. The first-order chi connectivity index (χ1) is 19.5. The molecular formula is C32H29N3O5. The van der Waals surface area contributed by atoms with Crippen molar-refractivity contribution in [2.75, 3.05) is 20.8 Å². The highest BCUT2D eigenvalue weighted by Crippen LogP contribution is 2.39. The number of aryl methyl sites for hydroxylation is 1. The fraction of sp³-hybridized carbons (Fsp3) is 0.219. The van der Waals surface area contributed by atoms with Crippen LogP contribution in [0, 0.1) is 0 Å². The van der Waals surface area contributed by atoms with Gasteiger partial charge >= 0.3 is 0 Å². The average molecular weight is 536 g/mol. The van der Waals surface area contributed by atoms with E-state index >= 15 is 0 Å². The van der Waals surface area contributed by atoms with Crippen LogP contribution in [0.25, 0.3) is 38.1 Å². The molecule has 0 unspecified atom stereocenters. The highest BCUT2D eigenvalue weighted by atomic mass is 16.5. The Balaban J connectivity index is 1.30. The average Bonchev–Trinajstić information content (AvgIpc) is 3.32. The third-order valence-electron chi connectivity index (χ3n) is 7.35. The number of nitrogens with zero attached hydrogens (tertiary/aromatic N) is 2. The van der Waals surface area contributed by atoms with Gasteiger partial charge in [-0.1, -0.05) is 30.3 Å². The van der Waals surface area contributed by atoms with E-state index in [-0.39, 0.29) is 24.1 Å². The highest BCUT2D eigenvalue weighted by Gasteiger charge is 2.22. The van der Waals surface area contributed by atoms with E-state index in [2.05, 4.69) is 22.4 Å². The number of methoxy groups -OCH3 is 2. The number of hydrogen-bond donors (Lipinski definition) is 1. The number of fused-ring (bicyclic) bond motifs is 5. The summed E-state index contributed by atoms with van der Waals surface area (Å²) in [7, 11) is 3.06. The lowest BCUT2D eigenvalue weighted by atomic mass is 10.1. The van der Waals surface area contributed by atoms with Crippen LogP contribution in [-0.4, -0.2) is 42.2 Å². The van der Waals surface area contributed by atoms with Crippen molar-refractivity contribution in [3.05, 3.63) is 88.8 Å². The normalized spacial score (nSPS) is 12.3. The number of rotatable bonds is 9. The molecule has 40 heavy (non-hydrogen) atoms. The molecular weight excluding hydrogens is 506 g/mol. The first-order valence-electron chi connectivity index (χ1n) is 13.2. The minimum Gasteiger partial charge on any atom is -0.493 e. The Kier molecular flexibility index (Phi) is 6.59. The van der Waals surface area contributed by atoms with E-state index < -0.39 is 0 Å². The van der Waals surface area contributed by atoms with E-state index in [0.29, 0.717) is 33.5 Å². The molecule has 0 aliphatic carbocycles. The number of hydrogen-bond acceptors (Lipinski definition) is 6. The highest BCUT2D eigenvalue weighted by molar-refractivity contribution is 6.19. The third-order valence-corrected chi connectivity index (χ3v) is 7.35. The summed E-state index contributed by atoms with van der Waals surface area (Å²) in [6, 6.07) is 21.2. The maximum atomic E-state index is 13.9. The van der Waals surface area contributed by atoms with Crippen LogP contribution in [0.2, 0.25) is 0 Å². The van der Waals surface area contributed by atoms with Crippen LogP contribution >= 0.6 is 0 Å². The monoisotopic (exact) mass is 535 g/mol. The van der Waals surface area contributed by atoms with Gasteiger partial charge in [0.1, 0.15) is 5.75 Å². The Morgan fingerprint density at radius 3 is 2.58 bits per heavy atom. The summed E-state index contributed by atoms with van der Waals surface area (Å²) >= 11 is 0. The summed E-state index contributed by atoms with van der Waals surface area (Å²) in [5.74, 6) is 1.21. The molecule has 3 aromatic carbocycles. The number of ether oxygens (including phenoxy) is 3. The molecule has 0 bridgehead atoms. The Labute approximate surface area is 230 Å². The largest absolute Gasteiger partial charge is 0.493 e. The molecule has 202 valence electrons. The first-order valence-corrected chi connectivity index (χ1v) is 13.2. The van der Waals surface area contributed by atoms with Crippen molar-refractivity contribution in [1.29, 1.82) is 0 Å². The van der Waals surface area contributed by atoms with E-state index in [1.54, 1.807) is 29.8 Å². The third kappa shape index (κ3) is 4.31. The van der Waals surface area contributed by atoms with Gasteiger partial charge in [-0.3, -0.25) is 19.0 Å². The van der Waals surface area contributed by atoms with Crippen molar-refractivity contribution in [2.45, 2.75) is 25.8 Å². The number of nitrogens with one attached hydrogen (secondary N) is 1. The number of aromatic nitrogens is 2. The van der Waals surface area contributed by atoms with Gasteiger partial charge in [-0.15, -0.1) is 0 Å². The van der Waals surface area contributed by atoms with Gasteiger partial charge in [-0.25, -0.2) is 0 Å². The van der Waals surface area contributed by atoms with Gasteiger partial charge in [0, 0.05) is 28.4 Å². The van der Waals surface area contributed by atoms with E-state index in [9.17, 15) is 9.59 Å². The topological polar surface area (TPSA) is 91.2 Å². The summed E-state index contributed by atoms with van der Waals surface area (Å²) in [5.41, 5.74) is 3.16. The summed E-state index contributed by atoms with van der Waals surface area (Å²) in [6.45, 7) is 1.89. The summed E-state index contributed by atoms with van der Waals surface area (Å²) in [5, 5.41) is 5.82. The molecule has 1 atom stereocenters. The summed E-state index contributed by atoms with van der Waals surface area (Å²) < 4.78 is 18.6. The molecule has 3 aromatic heterocycles. The smallest absolute Gasteiger partial charge is 0.267 e. The van der Waals surface area contributed by atoms with Crippen LogP contribution in [0.1, 0.15) is 18.9 Å². The molecule has 0 saturated heterocycles. The quantitative estimate of drug-likeness (QED) is 0.258. The number of amides is 1. The molecule has 3 heterocycles. The number of benzene rings is 3.